The van der Waals surface area contributed by atoms with Gasteiger partial charge in [-0.05, 0) is 28.1 Å². The number of hydrogen-bond donors (Lipinski definition) is 2. The number of nitrogens with one attached hydrogen (secondary N) is 1. The minimum absolute atomic E-state index is 0.141. The zero-order chi connectivity index (χ0) is 10.7. The lowest BCUT2D eigenvalue weighted by molar-refractivity contribution is -0.385. The van der Waals surface area contributed by atoms with E-state index in [1.165, 1.54) is 12.1 Å². The van der Waals surface area contributed by atoms with Crippen LogP contribution in [0.15, 0.2) is 22.7 Å². The van der Waals surface area contributed by atoms with Gasteiger partial charge in [-0.15, -0.1) is 0 Å². The summed E-state index contributed by atoms with van der Waals surface area (Å²) in [4.78, 5) is 20.9. The SMILES string of the molecule is NNC(=O)c1ccc(Br)c([N+](=O)[O-])c1. The molecular weight excluding hydrogens is 254 g/mol. The summed E-state index contributed by atoms with van der Waals surface area (Å²) in [5.41, 5.74) is 1.86. The fraction of sp³-hybridized carbons (Fsp3) is 0. The molecule has 0 aliphatic heterocycles. The maximum Gasteiger partial charge on any atom is 0.284 e. The largest absolute Gasteiger partial charge is 0.290 e. The normalized spacial score (nSPS) is 9.57. The predicted molar refractivity (Wildman–Crippen MR) is 52.4 cm³/mol. The summed E-state index contributed by atoms with van der Waals surface area (Å²) in [7, 11) is 0. The first kappa shape index (κ1) is 10.6. The highest BCUT2D eigenvalue weighted by Crippen LogP contribution is 2.25. The Bertz CT molecular complexity index is 394. The highest BCUT2D eigenvalue weighted by molar-refractivity contribution is 9.10. The summed E-state index contributed by atoms with van der Waals surface area (Å²) < 4.78 is 0.316. The molecule has 0 heterocycles. The molecule has 0 aliphatic rings. The molecule has 0 fully saturated rings. The van der Waals surface area contributed by atoms with Gasteiger partial charge in [0.1, 0.15) is 0 Å². The summed E-state index contributed by atoms with van der Waals surface area (Å²) in [5.74, 6) is 4.32. The quantitative estimate of drug-likeness (QED) is 0.358. The van der Waals surface area contributed by atoms with Crippen molar-refractivity contribution in [2.24, 2.45) is 5.84 Å². The van der Waals surface area contributed by atoms with E-state index in [4.69, 9.17) is 5.84 Å². The van der Waals surface area contributed by atoms with Gasteiger partial charge < -0.3 is 0 Å². The Morgan fingerprint density at radius 1 is 1.57 bits per heavy atom. The van der Waals surface area contributed by atoms with Crippen molar-refractivity contribution in [2.45, 2.75) is 0 Å². The number of rotatable bonds is 2. The van der Waals surface area contributed by atoms with Gasteiger partial charge in [0.2, 0.25) is 0 Å². The zero-order valence-electron chi connectivity index (χ0n) is 6.86. The number of hydrogen-bond acceptors (Lipinski definition) is 4. The lowest BCUT2D eigenvalue weighted by Gasteiger charge is -2.00. The monoisotopic (exact) mass is 259 g/mol. The number of benzene rings is 1. The van der Waals surface area contributed by atoms with Crippen molar-refractivity contribution in [3.8, 4) is 0 Å². The number of hydrazine groups is 1. The lowest BCUT2D eigenvalue weighted by Crippen LogP contribution is -2.29. The Balaban J connectivity index is 3.19. The van der Waals surface area contributed by atoms with Crippen molar-refractivity contribution >= 4 is 27.5 Å². The van der Waals surface area contributed by atoms with E-state index in [-0.39, 0.29) is 11.3 Å². The summed E-state index contributed by atoms with van der Waals surface area (Å²) in [5, 5.41) is 10.5. The van der Waals surface area contributed by atoms with Crippen molar-refractivity contribution in [3.63, 3.8) is 0 Å². The molecule has 0 atom stereocenters. The Kier molecular flexibility index (Phi) is 3.15. The first-order valence-electron chi connectivity index (χ1n) is 3.51. The molecule has 74 valence electrons. The summed E-state index contributed by atoms with van der Waals surface area (Å²) in [6, 6.07) is 3.99. The van der Waals surface area contributed by atoms with Crippen LogP contribution in [0.1, 0.15) is 10.4 Å². The molecule has 6 nitrogen and oxygen atoms in total. The molecule has 0 spiro atoms. The molecule has 0 radical (unpaired) electrons. The van der Waals surface area contributed by atoms with Crippen LogP contribution in [0, 0.1) is 10.1 Å². The van der Waals surface area contributed by atoms with Crippen molar-refractivity contribution in [3.05, 3.63) is 38.3 Å². The zero-order valence-corrected chi connectivity index (χ0v) is 8.45. The number of nitrogens with zero attached hydrogens (tertiary/aromatic N) is 1. The molecule has 1 aromatic rings. The fourth-order valence-electron chi connectivity index (χ4n) is 0.877. The van der Waals surface area contributed by atoms with Crippen LogP contribution in [0.2, 0.25) is 0 Å². The van der Waals surface area contributed by atoms with Crippen molar-refractivity contribution in [1.82, 2.24) is 5.43 Å². The number of carbonyl (C=O) groups is 1. The molecular formula is C7H6BrN3O3. The maximum atomic E-state index is 11.0. The third-order valence-corrected chi connectivity index (χ3v) is 2.21. The maximum absolute atomic E-state index is 11.0. The van der Waals surface area contributed by atoms with Gasteiger partial charge in [-0.2, -0.15) is 0 Å². The van der Waals surface area contributed by atoms with E-state index in [1.54, 1.807) is 0 Å². The number of nitrogens with two attached hydrogens (primary N) is 1. The highest BCUT2D eigenvalue weighted by atomic mass is 79.9. The lowest BCUT2D eigenvalue weighted by atomic mass is 10.2. The second-order valence-corrected chi connectivity index (χ2v) is 3.25. The van der Waals surface area contributed by atoms with Gasteiger partial charge >= 0.3 is 0 Å². The number of carbonyl (C=O) groups excluding carboxylic acids is 1. The number of nitrogen functional groups attached to an aromatic ring is 1. The van der Waals surface area contributed by atoms with Crippen LogP contribution in [-0.4, -0.2) is 10.8 Å². The third kappa shape index (κ3) is 2.06. The molecule has 1 amide bonds. The standard InChI is InChI=1S/C7H6BrN3O3/c8-5-2-1-4(7(12)10-9)3-6(5)11(13)14/h1-3H,9H2,(H,10,12). The third-order valence-electron chi connectivity index (χ3n) is 1.54. The van der Waals surface area contributed by atoms with Gasteiger partial charge in [0, 0.05) is 11.6 Å². The van der Waals surface area contributed by atoms with E-state index in [1.807, 2.05) is 5.43 Å². The fourth-order valence-corrected chi connectivity index (χ4v) is 1.27. The molecule has 1 aromatic carbocycles. The topological polar surface area (TPSA) is 98.3 Å². The molecule has 7 heteroatoms. The number of amides is 1. The van der Waals surface area contributed by atoms with Gasteiger partial charge in [-0.3, -0.25) is 20.3 Å². The Labute approximate surface area is 87.3 Å². The molecule has 0 bridgehead atoms. The van der Waals surface area contributed by atoms with Crippen LogP contribution in [0.25, 0.3) is 0 Å². The number of nitro groups is 1. The molecule has 0 saturated carbocycles. The minimum Gasteiger partial charge on any atom is -0.290 e. The van der Waals surface area contributed by atoms with Crippen LogP contribution in [0.5, 0.6) is 0 Å². The van der Waals surface area contributed by atoms with Gasteiger partial charge in [-0.25, -0.2) is 5.84 Å². The molecule has 0 saturated heterocycles. The van der Waals surface area contributed by atoms with Crippen molar-refractivity contribution in [1.29, 1.82) is 0 Å². The molecule has 0 unspecified atom stereocenters. The summed E-state index contributed by atoms with van der Waals surface area (Å²) in [6.45, 7) is 0. The Hall–Kier alpha value is -1.47. The van der Waals surface area contributed by atoms with Crippen LogP contribution in [-0.2, 0) is 0 Å². The van der Waals surface area contributed by atoms with Gasteiger partial charge in [0.25, 0.3) is 11.6 Å². The first-order valence-corrected chi connectivity index (χ1v) is 4.30. The molecule has 0 aliphatic carbocycles. The van der Waals surface area contributed by atoms with E-state index < -0.39 is 10.8 Å². The molecule has 1 rings (SSSR count). The second kappa shape index (κ2) is 4.16. The van der Waals surface area contributed by atoms with Crippen LogP contribution < -0.4 is 11.3 Å². The highest BCUT2D eigenvalue weighted by Gasteiger charge is 2.14. The average molecular weight is 260 g/mol. The van der Waals surface area contributed by atoms with Crippen LogP contribution in [0.4, 0.5) is 5.69 Å². The van der Waals surface area contributed by atoms with E-state index in [0.717, 1.165) is 6.07 Å². The minimum atomic E-state index is -0.586. The van der Waals surface area contributed by atoms with E-state index in [2.05, 4.69) is 15.9 Å². The molecule has 0 aromatic heterocycles. The molecule has 3 N–H and O–H groups in total. The second-order valence-electron chi connectivity index (χ2n) is 2.40. The number of halogens is 1. The van der Waals surface area contributed by atoms with Crippen molar-refractivity contribution < 1.29 is 9.72 Å². The van der Waals surface area contributed by atoms with Crippen LogP contribution in [0.3, 0.4) is 0 Å². The average Bonchev–Trinajstić information content (AvgIpc) is 2.17. The van der Waals surface area contributed by atoms with Gasteiger partial charge in [0.15, 0.2) is 0 Å². The Morgan fingerprint density at radius 2 is 2.21 bits per heavy atom. The van der Waals surface area contributed by atoms with Crippen LogP contribution >= 0.6 is 15.9 Å². The van der Waals surface area contributed by atoms with E-state index >= 15 is 0 Å². The van der Waals surface area contributed by atoms with Gasteiger partial charge in [0.05, 0.1) is 9.40 Å². The van der Waals surface area contributed by atoms with E-state index in [9.17, 15) is 14.9 Å². The van der Waals surface area contributed by atoms with Crippen molar-refractivity contribution in [2.75, 3.05) is 0 Å². The Morgan fingerprint density at radius 3 is 2.71 bits per heavy atom. The summed E-state index contributed by atoms with van der Waals surface area (Å²) in [6.07, 6.45) is 0. The number of nitro benzene ring substituents is 1. The smallest absolute Gasteiger partial charge is 0.284 e. The summed E-state index contributed by atoms with van der Waals surface area (Å²) >= 11 is 3.00. The predicted octanol–water partition coefficient (Wildman–Crippen LogP) is 0.961. The van der Waals surface area contributed by atoms with Gasteiger partial charge in [-0.1, -0.05) is 0 Å². The molecule has 14 heavy (non-hydrogen) atoms. The van der Waals surface area contributed by atoms with E-state index in [0.29, 0.717) is 4.47 Å². The first-order chi connectivity index (χ1) is 6.56.